The van der Waals surface area contributed by atoms with Crippen LogP contribution in [0.25, 0.3) is 10.9 Å². The maximum Gasteiger partial charge on any atom is 0.269 e. The van der Waals surface area contributed by atoms with E-state index in [1.54, 1.807) is 30.5 Å². The van der Waals surface area contributed by atoms with Gasteiger partial charge in [-0.3, -0.25) is 20.4 Å². The Morgan fingerprint density at radius 2 is 1.80 bits per heavy atom. The summed E-state index contributed by atoms with van der Waals surface area (Å²) in [5.74, 6) is 0.0294. The number of fused-ring (bicyclic) bond motifs is 1. The molecular weight excluding hydrogens is 318 g/mol. The maximum atomic E-state index is 12.1. The number of amides is 2. The molecule has 0 aliphatic carbocycles. The van der Waals surface area contributed by atoms with Gasteiger partial charge in [-0.15, -0.1) is 0 Å². The molecule has 25 heavy (non-hydrogen) atoms. The molecule has 0 bridgehead atoms. The van der Waals surface area contributed by atoms with Gasteiger partial charge in [-0.1, -0.05) is 18.2 Å². The zero-order valence-electron chi connectivity index (χ0n) is 13.8. The molecule has 0 fully saturated rings. The Balaban J connectivity index is 1.55. The lowest BCUT2D eigenvalue weighted by atomic mass is 10.1. The molecular formula is C19H19N3O3. The number of carbonyl (C=O) groups is 2. The van der Waals surface area contributed by atoms with Gasteiger partial charge in [-0.2, -0.15) is 0 Å². The lowest BCUT2D eigenvalue weighted by molar-refractivity contribution is -0.121. The highest BCUT2D eigenvalue weighted by molar-refractivity contribution is 5.96. The Labute approximate surface area is 145 Å². The minimum Gasteiger partial charge on any atom is -0.494 e. The Hall–Kier alpha value is -3.28. The molecule has 0 aliphatic rings. The van der Waals surface area contributed by atoms with Crippen molar-refractivity contribution in [2.45, 2.75) is 13.3 Å². The third-order valence-corrected chi connectivity index (χ3v) is 3.77. The predicted molar refractivity (Wildman–Crippen MR) is 95.2 cm³/mol. The van der Waals surface area contributed by atoms with E-state index in [1.165, 1.54) is 0 Å². The Morgan fingerprint density at radius 3 is 2.56 bits per heavy atom. The minimum absolute atomic E-state index is 0.174. The number of ether oxygens (including phenoxy) is 1. The van der Waals surface area contributed by atoms with Gasteiger partial charge in [0.05, 0.1) is 13.0 Å². The summed E-state index contributed by atoms with van der Waals surface area (Å²) in [6.07, 6.45) is 1.98. The monoisotopic (exact) mass is 337 g/mol. The quantitative estimate of drug-likeness (QED) is 0.626. The van der Waals surface area contributed by atoms with E-state index in [0.717, 1.165) is 16.5 Å². The molecule has 3 N–H and O–H groups in total. The zero-order valence-corrected chi connectivity index (χ0v) is 13.8. The Kier molecular flexibility index (Phi) is 4.99. The van der Waals surface area contributed by atoms with E-state index in [2.05, 4.69) is 15.8 Å². The molecule has 3 rings (SSSR count). The predicted octanol–water partition coefficient (Wildman–Crippen LogP) is 2.57. The summed E-state index contributed by atoms with van der Waals surface area (Å²) in [6.45, 7) is 2.46. The molecule has 1 heterocycles. The highest BCUT2D eigenvalue weighted by Crippen LogP contribution is 2.17. The van der Waals surface area contributed by atoms with Gasteiger partial charge in [0, 0.05) is 22.7 Å². The number of para-hydroxylation sites is 1. The van der Waals surface area contributed by atoms with Gasteiger partial charge < -0.3 is 9.72 Å². The molecule has 2 aromatic carbocycles. The van der Waals surface area contributed by atoms with Crippen LogP contribution in [0.2, 0.25) is 0 Å². The van der Waals surface area contributed by atoms with Crippen molar-refractivity contribution < 1.29 is 14.3 Å². The minimum atomic E-state index is -0.379. The summed E-state index contributed by atoms with van der Waals surface area (Å²) < 4.78 is 5.33. The first-order chi connectivity index (χ1) is 12.2. The summed E-state index contributed by atoms with van der Waals surface area (Å²) in [4.78, 5) is 27.3. The summed E-state index contributed by atoms with van der Waals surface area (Å²) in [6, 6.07) is 14.5. The van der Waals surface area contributed by atoms with Crippen LogP contribution in [-0.4, -0.2) is 23.4 Å². The second kappa shape index (κ2) is 7.53. The lowest BCUT2D eigenvalue weighted by Crippen LogP contribution is -2.42. The molecule has 0 unspecified atom stereocenters. The average molecular weight is 337 g/mol. The van der Waals surface area contributed by atoms with E-state index < -0.39 is 0 Å². The summed E-state index contributed by atoms with van der Waals surface area (Å²) in [5.41, 5.74) is 7.16. The number of nitrogens with one attached hydrogen (secondary N) is 3. The molecule has 0 saturated heterocycles. The number of rotatable bonds is 5. The topological polar surface area (TPSA) is 83.2 Å². The summed E-state index contributed by atoms with van der Waals surface area (Å²) >= 11 is 0. The molecule has 6 heteroatoms. The van der Waals surface area contributed by atoms with Crippen LogP contribution in [0.1, 0.15) is 22.8 Å². The number of aromatic amines is 1. The number of benzene rings is 2. The van der Waals surface area contributed by atoms with E-state index >= 15 is 0 Å². The van der Waals surface area contributed by atoms with Crippen molar-refractivity contribution in [2.75, 3.05) is 6.61 Å². The van der Waals surface area contributed by atoms with Crippen molar-refractivity contribution in [3.05, 3.63) is 65.9 Å². The van der Waals surface area contributed by atoms with E-state index in [-0.39, 0.29) is 18.2 Å². The molecule has 0 saturated carbocycles. The molecule has 1 aromatic heterocycles. The van der Waals surface area contributed by atoms with Crippen molar-refractivity contribution in [3.8, 4) is 5.75 Å². The highest BCUT2D eigenvalue weighted by Gasteiger charge is 2.10. The third-order valence-electron chi connectivity index (χ3n) is 3.77. The van der Waals surface area contributed by atoms with E-state index in [1.807, 2.05) is 31.2 Å². The van der Waals surface area contributed by atoms with Gasteiger partial charge >= 0.3 is 0 Å². The van der Waals surface area contributed by atoms with E-state index in [9.17, 15) is 9.59 Å². The van der Waals surface area contributed by atoms with Crippen LogP contribution in [0.4, 0.5) is 0 Å². The maximum absolute atomic E-state index is 12.1. The number of hydrogen-bond acceptors (Lipinski definition) is 3. The molecule has 128 valence electrons. The second-order valence-electron chi connectivity index (χ2n) is 5.50. The largest absolute Gasteiger partial charge is 0.494 e. The molecule has 0 spiro atoms. The SMILES string of the molecule is CCOc1ccc(C(=O)NNC(=O)Cc2c[nH]c3ccccc23)cc1. The molecule has 0 radical (unpaired) electrons. The Bertz CT molecular complexity index is 884. The number of hydrogen-bond donors (Lipinski definition) is 3. The molecule has 2 amide bonds. The van der Waals surface area contributed by atoms with Gasteiger partial charge in [-0.25, -0.2) is 0 Å². The zero-order chi connectivity index (χ0) is 17.6. The smallest absolute Gasteiger partial charge is 0.269 e. The van der Waals surface area contributed by atoms with Gasteiger partial charge in [-0.05, 0) is 42.8 Å². The van der Waals surface area contributed by atoms with Crippen molar-refractivity contribution in [2.24, 2.45) is 0 Å². The average Bonchev–Trinajstić information content (AvgIpc) is 3.04. The van der Waals surface area contributed by atoms with Crippen molar-refractivity contribution >= 4 is 22.7 Å². The molecule has 0 atom stereocenters. The normalized spacial score (nSPS) is 10.4. The number of aromatic nitrogens is 1. The molecule has 0 aliphatic heterocycles. The fourth-order valence-corrected chi connectivity index (χ4v) is 2.56. The fourth-order valence-electron chi connectivity index (χ4n) is 2.56. The van der Waals surface area contributed by atoms with Gasteiger partial charge in [0.1, 0.15) is 5.75 Å². The summed E-state index contributed by atoms with van der Waals surface area (Å²) in [7, 11) is 0. The van der Waals surface area contributed by atoms with Crippen LogP contribution in [-0.2, 0) is 11.2 Å². The van der Waals surface area contributed by atoms with Gasteiger partial charge in [0.15, 0.2) is 0 Å². The number of H-pyrrole nitrogens is 1. The van der Waals surface area contributed by atoms with Crippen LogP contribution in [0.5, 0.6) is 5.75 Å². The number of hydrazine groups is 1. The first-order valence-corrected chi connectivity index (χ1v) is 8.04. The first kappa shape index (κ1) is 16.6. The first-order valence-electron chi connectivity index (χ1n) is 8.04. The lowest BCUT2D eigenvalue weighted by Gasteiger charge is -2.08. The van der Waals surface area contributed by atoms with Crippen LogP contribution < -0.4 is 15.6 Å². The van der Waals surface area contributed by atoms with E-state index in [4.69, 9.17) is 4.74 Å². The van der Waals surface area contributed by atoms with Crippen LogP contribution in [0.3, 0.4) is 0 Å². The van der Waals surface area contributed by atoms with E-state index in [0.29, 0.717) is 17.9 Å². The summed E-state index contributed by atoms with van der Waals surface area (Å²) in [5, 5.41) is 0.996. The molecule has 3 aromatic rings. The van der Waals surface area contributed by atoms with Crippen LogP contribution in [0.15, 0.2) is 54.7 Å². The van der Waals surface area contributed by atoms with Crippen LogP contribution >= 0.6 is 0 Å². The Morgan fingerprint density at radius 1 is 1.04 bits per heavy atom. The van der Waals surface area contributed by atoms with Gasteiger partial charge in [0.2, 0.25) is 5.91 Å². The number of carbonyl (C=O) groups excluding carboxylic acids is 2. The van der Waals surface area contributed by atoms with Crippen molar-refractivity contribution in [3.63, 3.8) is 0 Å². The fraction of sp³-hybridized carbons (Fsp3) is 0.158. The van der Waals surface area contributed by atoms with Gasteiger partial charge in [0.25, 0.3) is 5.91 Å². The second-order valence-corrected chi connectivity index (χ2v) is 5.50. The highest BCUT2D eigenvalue weighted by atomic mass is 16.5. The third kappa shape index (κ3) is 3.98. The van der Waals surface area contributed by atoms with Crippen molar-refractivity contribution in [1.82, 2.24) is 15.8 Å². The van der Waals surface area contributed by atoms with Crippen molar-refractivity contribution in [1.29, 1.82) is 0 Å². The molecule has 6 nitrogen and oxygen atoms in total. The standard InChI is InChI=1S/C19H19N3O3/c1-2-25-15-9-7-13(8-10-15)19(24)22-21-18(23)11-14-12-20-17-6-4-3-5-16(14)17/h3-10,12,20H,2,11H2,1H3,(H,21,23)(H,22,24). The van der Waals surface area contributed by atoms with Crippen LogP contribution in [0, 0.1) is 0 Å².